The van der Waals surface area contributed by atoms with E-state index < -0.39 is 12.8 Å². The van der Waals surface area contributed by atoms with Gasteiger partial charge in [-0.3, -0.25) is 0 Å². The third-order valence-corrected chi connectivity index (χ3v) is 3.50. The number of hydrogen-bond acceptors (Lipinski definition) is 3. The van der Waals surface area contributed by atoms with E-state index in [0.717, 1.165) is 32.7 Å². The molecule has 1 saturated heterocycles. The van der Waals surface area contributed by atoms with E-state index in [1.54, 1.807) is 0 Å². The fourth-order valence-corrected chi connectivity index (χ4v) is 2.30. The van der Waals surface area contributed by atoms with Crippen LogP contribution in [0.1, 0.15) is 26.2 Å². The molecule has 0 amide bonds. The van der Waals surface area contributed by atoms with E-state index in [4.69, 9.17) is 0 Å². The lowest BCUT2D eigenvalue weighted by atomic mass is 9.97. The van der Waals surface area contributed by atoms with Crippen LogP contribution in [0.25, 0.3) is 0 Å². The highest BCUT2D eigenvalue weighted by Crippen LogP contribution is 2.16. The van der Waals surface area contributed by atoms with Crippen LogP contribution in [0.4, 0.5) is 13.2 Å². The number of halogens is 3. The molecule has 6 heteroatoms. The minimum Gasteiger partial charge on any atom is -0.372 e. The molecule has 0 atom stereocenters. The summed E-state index contributed by atoms with van der Waals surface area (Å²) in [5.74, 6) is 0.707. The zero-order valence-electron chi connectivity index (χ0n) is 11.6. The molecule has 0 aliphatic carbocycles. The Morgan fingerprint density at radius 3 is 2.53 bits per heavy atom. The molecule has 0 bridgehead atoms. The van der Waals surface area contributed by atoms with Crippen molar-refractivity contribution in [1.29, 1.82) is 0 Å². The molecule has 0 unspecified atom stereocenters. The predicted molar refractivity (Wildman–Crippen MR) is 69.2 cm³/mol. The maximum atomic E-state index is 11.8. The number of rotatable bonds is 8. The number of hydrogen-bond donors (Lipinski definition) is 1. The molecule has 0 spiro atoms. The Morgan fingerprint density at radius 2 is 1.95 bits per heavy atom. The van der Waals surface area contributed by atoms with E-state index >= 15 is 0 Å². The summed E-state index contributed by atoms with van der Waals surface area (Å²) in [6.45, 7) is 6.36. The molecule has 0 aromatic heterocycles. The molecule has 3 nitrogen and oxygen atoms in total. The van der Waals surface area contributed by atoms with Gasteiger partial charge in [0.2, 0.25) is 0 Å². The molecular formula is C13H25F3N2O. The number of alkyl halides is 3. The van der Waals surface area contributed by atoms with Crippen molar-refractivity contribution in [3.63, 3.8) is 0 Å². The predicted octanol–water partition coefficient (Wildman–Crippen LogP) is 2.28. The van der Waals surface area contributed by atoms with Crippen LogP contribution >= 0.6 is 0 Å². The van der Waals surface area contributed by atoms with E-state index in [1.165, 1.54) is 12.8 Å². The van der Waals surface area contributed by atoms with E-state index in [2.05, 4.69) is 21.9 Å². The van der Waals surface area contributed by atoms with Crippen molar-refractivity contribution in [2.24, 2.45) is 5.92 Å². The highest BCUT2D eigenvalue weighted by atomic mass is 19.4. The first-order valence-electron chi connectivity index (χ1n) is 7.09. The van der Waals surface area contributed by atoms with Crippen molar-refractivity contribution in [2.45, 2.75) is 32.4 Å². The lowest BCUT2D eigenvalue weighted by Gasteiger charge is -2.31. The molecular weight excluding hydrogens is 257 g/mol. The van der Waals surface area contributed by atoms with Gasteiger partial charge in [-0.15, -0.1) is 0 Å². The Bertz CT molecular complexity index is 228. The first-order chi connectivity index (χ1) is 9.01. The van der Waals surface area contributed by atoms with Crippen molar-refractivity contribution in [3.05, 3.63) is 0 Å². The molecule has 1 aliphatic heterocycles. The molecule has 0 saturated carbocycles. The second kappa shape index (κ2) is 8.76. The van der Waals surface area contributed by atoms with Gasteiger partial charge in [0.05, 0.1) is 0 Å². The van der Waals surface area contributed by atoms with Crippen LogP contribution < -0.4 is 5.32 Å². The normalized spacial score (nSPS) is 18.9. The van der Waals surface area contributed by atoms with E-state index in [0.29, 0.717) is 12.3 Å². The SMILES string of the molecule is CCN1CCC(CNCCCOCC(F)(F)F)CC1. The lowest BCUT2D eigenvalue weighted by Crippen LogP contribution is -2.37. The van der Waals surface area contributed by atoms with Crippen LogP contribution in [0.15, 0.2) is 0 Å². The van der Waals surface area contributed by atoms with Gasteiger partial charge < -0.3 is 15.0 Å². The molecule has 1 heterocycles. The number of piperidine rings is 1. The van der Waals surface area contributed by atoms with Crippen LogP contribution in [-0.2, 0) is 4.74 Å². The minimum absolute atomic E-state index is 0.167. The summed E-state index contributed by atoms with van der Waals surface area (Å²) in [6, 6.07) is 0. The van der Waals surface area contributed by atoms with Crippen molar-refractivity contribution >= 4 is 0 Å². The molecule has 19 heavy (non-hydrogen) atoms. The molecule has 0 aromatic carbocycles. The number of nitrogens with one attached hydrogen (secondary N) is 1. The van der Waals surface area contributed by atoms with Gasteiger partial charge in [0.1, 0.15) is 6.61 Å². The standard InChI is InChI=1S/C13H25F3N2O/c1-2-18-7-4-12(5-8-18)10-17-6-3-9-19-11-13(14,15)16/h12,17H,2-11H2,1H3. The van der Waals surface area contributed by atoms with Crippen LogP contribution in [0.5, 0.6) is 0 Å². The monoisotopic (exact) mass is 282 g/mol. The van der Waals surface area contributed by atoms with Gasteiger partial charge in [-0.2, -0.15) is 13.2 Å². The Kier molecular flexibility index (Phi) is 7.71. The van der Waals surface area contributed by atoms with Crippen LogP contribution in [0.3, 0.4) is 0 Å². The number of ether oxygens (including phenoxy) is 1. The Morgan fingerprint density at radius 1 is 1.26 bits per heavy atom. The summed E-state index contributed by atoms with van der Waals surface area (Å²) in [4.78, 5) is 2.45. The molecule has 0 aromatic rings. The first-order valence-corrected chi connectivity index (χ1v) is 7.09. The zero-order chi connectivity index (χ0) is 14.1. The molecule has 114 valence electrons. The summed E-state index contributed by atoms with van der Waals surface area (Å²) in [5.41, 5.74) is 0. The van der Waals surface area contributed by atoms with E-state index in [-0.39, 0.29) is 6.61 Å². The van der Waals surface area contributed by atoms with Gasteiger partial charge in [-0.05, 0) is 57.9 Å². The summed E-state index contributed by atoms with van der Waals surface area (Å²) in [7, 11) is 0. The van der Waals surface area contributed by atoms with Gasteiger partial charge in [0, 0.05) is 6.61 Å². The molecule has 1 aliphatic rings. The topological polar surface area (TPSA) is 24.5 Å². The summed E-state index contributed by atoms with van der Waals surface area (Å²) < 4.78 is 39.9. The van der Waals surface area contributed by atoms with Gasteiger partial charge in [-0.1, -0.05) is 6.92 Å². The quantitative estimate of drug-likeness (QED) is 0.691. The Labute approximate surface area is 113 Å². The van der Waals surface area contributed by atoms with Gasteiger partial charge in [-0.25, -0.2) is 0 Å². The van der Waals surface area contributed by atoms with Gasteiger partial charge in [0.15, 0.2) is 0 Å². The molecule has 1 rings (SSSR count). The van der Waals surface area contributed by atoms with Crippen molar-refractivity contribution in [3.8, 4) is 0 Å². The second-order valence-electron chi connectivity index (χ2n) is 5.10. The average Bonchev–Trinajstić information content (AvgIpc) is 2.37. The van der Waals surface area contributed by atoms with E-state index in [1.807, 2.05) is 0 Å². The van der Waals surface area contributed by atoms with Gasteiger partial charge in [0.25, 0.3) is 0 Å². The fourth-order valence-electron chi connectivity index (χ4n) is 2.30. The van der Waals surface area contributed by atoms with Crippen LogP contribution in [-0.4, -0.2) is 57.0 Å². The summed E-state index contributed by atoms with van der Waals surface area (Å²) in [6.07, 6.45) is -1.15. The van der Waals surface area contributed by atoms with Crippen molar-refractivity contribution in [1.82, 2.24) is 10.2 Å². The summed E-state index contributed by atoms with van der Waals surface area (Å²) >= 11 is 0. The Hall–Kier alpha value is -0.330. The third-order valence-electron chi connectivity index (χ3n) is 3.50. The van der Waals surface area contributed by atoms with Crippen LogP contribution in [0.2, 0.25) is 0 Å². The third kappa shape index (κ3) is 8.44. The lowest BCUT2D eigenvalue weighted by molar-refractivity contribution is -0.173. The maximum absolute atomic E-state index is 11.8. The number of likely N-dealkylation sites (tertiary alicyclic amines) is 1. The number of nitrogens with zero attached hydrogens (tertiary/aromatic N) is 1. The zero-order valence-corrected chi connectivity index (χ0v) is 11.6. The minimum atomic E-state index is -4.21. The largest absolute Gasteiger partial charge is 0.411 e. The second-order valence-corrected chi connectivity index (χ2v) is 5.10. The van der Waals surface area contributed by atoms with Crippen molar-refractivity contribution < 1.29 is 17.9 Å². The van der Waals surface area contributed by atoms with Crippen LogP contribution in [0, 0.1) is 5.92 Å². The fraction of sp³-hybridized carbons (Fsp3) is 1.00. The Balaban J connectivity index is 1.89. The van der Waals surface area contributed by atoms with Gasteiger partial charge >= 0.3 is 6.18 Å². The molecule has 1 N–H and O–H groups in total. The molecule has 1 fully saturated rings. The highest BCUT2D eigenvalue weighted by molar-refractivity contribution is 4.72. The molecule has 0 radical (unpaired) electrons. The van der Waals surface area contributed by atoms with Crippen molar-refractivity contribution in [2.75, 3.05) is 45.9 Å². The summed E-state index contributed by atoms with van der Waals surface area (Å²) in [5, 5.41) is 3.31. The van der Waals surface area contributed by atoms with E-state index in [9.17, 15) is 13.2 Å². The smallest absolute Gasteiger partial charge is 0.372 e. The first kappa shape index (κ1) is 16.7. The highest BCUT2D eigenvalue weighted by Gasteiger charge is 2.27. The maximum Gasteiger partial charge on any atom is 0.411 e. The average molecular weight is 282 g/mol.